The maximum absolute atomic E-state index is 12.3. The topological polar surface area (TPSA) is 78.5 Å². The maximum atomic E-state index is 12.3. The number of nitrogens with zero attached hydrogens (tertiary/aromatic N) is 1. The van der Waals surface area contributed by atoms with Gasteiger partial charge in [-0.3, -0.25) is 14.5 Å². The van der Waals surface area contributed by atoms with E-state index in [-0.39, 0.29) is 24.3 Å². The van der Waals surface area contributed by atoms with Crippen molar-refractivity contribution in [2.24, 2.45) is 5.92 Å². The maximum Gasteiger partial charge on any atom is 0.325 e. The SMILES string of the molecule is CCc1cccc(C)c1NC(=O)CN1C(=O)NC(C(C)C)C1=O. The first-order valence-electron chi connectivity index (χ1n) is 7.85. The van der Waals surface area contributed by atoms with Crippen LogP contribution in [0, 0.1) is 12.8 Å². The Hall–Kier alpha value is -2.37. The molecular formula is C17H23N3O3. The van der Waals surface area contributed by atoms with Crippen molar-refractivity contribution in [3.63, 3.8) is 0 Å². The van der Waals surface area contributed by atoms with Crippen molar-refractivity contribution in [3.05, 3.63) is 29.3 Å². The van der Waals surface area contributed by atoms with Gasteiger partial charge in [-0.2, -0.15) is 0 Å². The normalized spacial score (nSPS) is 17.6. The van der Waals surface area contributed by atoms with Crippen LogP contribution in [0.25, 0.3) is 0 Å². The second-order valence-electron chi connectivity index (χ2n) is 6.11. The molecule has 0 saturated carbocycles. The summed E-state index contributed by atoms with van der Waals surface area (Å²) in [7, 11) is 0. The van der Waals surface area contributed by atoms with E-state index in [1.807, 2.05) is 45.9 Å². The summed E-state index contributed by atoms with van der Waals surface area (Å²) in [5.41, 5.74) is 2.73. The highest BCUT2D eigenvalue weighted by molar-refractivity contribution is 6.08. The minimum absolute atomic E-state index is 0.0115. The van der Waals surface area contributed by atoms with Gasteiger partial charge in [-0.1, -0.05) is 39.0 Å². The molecule has 1 heterocycles. The molecule has 1 unspecified atom stereocenters. The number of para-hydroxylation sites is 1. The van der Waals surface area contributed by atoms with Crippen molar-refractivity contribution in [2.45, 2.75) is 40.2 Å². The summed E-state index contributed by atoms with van der Waals surface area (Å²) in [5.74, 6) is -0.731. The fourth-order valence-corrected chi connectivity index (χ4v) is 2.67. The Labute approximate surface area is 136 Å². The zero-order valence-corrected chi connectivity index (χ0v) is 14.0. The molecule has 2 N–H and O–H groups in total. The number of nitrogens with one attached hydrogen (secondary N) is 2. The molecule has 1 aromatic rings. The monoisotopic (exact) mass is 317 g/mol. The van der Waals surface area contributed by atoms with Gasteiger partial charge in [0.2, 0.25) is 5.91 Å². The molecule has 1 atom stereocenters. The van der Waals surface area contributed by atoms with Gasteiger partial charge in [0.25, 0.3) is 5.91 Å². The van der Waals surface area contributed by atoms with Gasteiger partial charge in [-0.25, -0.2) is 4.79 Å². The van der Waals surface area contributed by atoms with E-state index in [0.29, 0.717) is 0 Å². The van der Waals surface area contributed by atoms with E-state index in [1.165, 1.54) is 0 Å². The first-order valence-corrected chi connectivity index (χ1v) is 7.85. The minimum Gasteiger partial charge on any atom is -0.326 e. The first-order chi connectivity index (χ1) is 10.8. The number of amides is 4. The standard InChI is InChI=1S/C17H23N3O3/c1-5-12-8-6-7-11(4)15(12)18-13(21)9-20-16(22)14(10(2)3)19-17(20)23/h6-8,10,14H,5,9H2,1-4H3,(H,18,21)(H,19,23). The molecule has 4 amide bonds. The summed E-state index contributed by atoms with van der Waals surface area (Å²) in [6.07, 6.45) is 0.788. The Balaban J connectivity index is 2.09. The number of hydrogen-bond acceptors (Lipinski definition) is 3. The summed E-state index contributed by atoms with van der Waals surface area (Å²) in [6, 6.07) is 4.74. The van der Waals surface area contributed by atoms with Crippen molar-refractivity contribution in [3.8, 4) is 0 Å². The van der Waals surface area contributed by atoms with Crippen LogP contribution in [0.3, 0.4) is 0 Å². The third kappa shape index (κ3) is 3.52. The molecule has 1 aromatic carbocycles. The second-order valence-corrected chi connectivity index (χ2v) is 6.11. The largest absolute Gasteiger partial charge is 0.326 e. The smallest absolute Gasteiger partial charge is 0.325 e. The van der Waals surface area contributed by atoms with Crippen molar-refractivity contribution >= 4 is 23.5 Å². The molecule has 1 fully saturated rings. The lowest BCUT2D eigenvalue weighted by molar-refractivity contribution is -0.131. The number of anilines is 1. The van der Waals surface area contributed by atoms with Gasteiger partial charge < -0.3 is 10.6 Å². The highest BCUT2D eigenvalue weighted by Crippen LogP contribution is 2.21. The van der Waals surface area contributed by atoms with E-state index in [0.717, 1.165) is 28.1 Å². The number of hydrogen-bond donors (Lipinski definition) is 2. The van der Waals surface area contributed by atoms with Gasteiger partial charge in [0.15, 0.2) is 0 Å². The van der Waals surface area contributed by atoms with E-state index in [1.54, 1.807) is 0 Å². The number of aryl methyl sites for hydroxylation is 2. The van der Waals surface area contributed by atoms with E-state index in [4.69, 9.17) is 0 Å². The summed E-state index contributed by atoms with van der Waals surface area (Å²) in [5, 5.41) is 5.44. The third-order valence-corrected chi connectivity index (χ3v) is 4.03. The van der Waals surface area contributed by atoms with E-state index in [2.05, 4.69) is 10.6 Å². The third-order valence-electron chi connectivity index (χ3n) is 4.03. The van der Waals surface area contributed by atoms with E-state index in [9.17, 15) is 14.4 Å². The number of carbonyl (C=O) groups excluding carboxylic acids is 3. The van der Waals surface area contributed by atoms with Crippen LogP contribution in [0.4, 0.5) is 10.5 Å². The zero-order chi connectivity index (χ0) is 17.1. The molecule has 2 rings (SSSR count). The second kappa shape index (κ2) is 6.81. The lowest BCUT2D eigenvalue weighted by atomic mass is 10.0. The molecule has 0 aromatic heterocycles. The van der Waals surface area contributed by atoms with Gasteiger partial charge in [0.1, 0.15) is 12.6 Å². The number of benzene rings is 1. The van der Waals surface area contributed by atoms with Crippen LogP contribution in [0.5, 0.6) is 0 Å². The van der Waals surface area contributed by atoms with Crippen molar-refractivity contribution in [1.82, 2.24) is 10.2 Å². The average Bonchev–Trinajstić information content (AvgIpc) is 2.77. The molecule has 23 heavy (non-hydrogen) atoms. The van der Waals surface area contributed by atoms with Crippen LogP contribution in [-0.4, -0.2) is 35.3 Å². The van der Waals surface area contributed by atoms with Crippen LogP contribution < -0.4 is 10.6 Å². The van der Waals surface area contributed by atoms with Crippen LogP contribution in [0.1, 0.15) is 31.9 Å². The van der Waals surface area contributed by atoms with Crippen molar-refractivity contribution < 1.29 is 14.4 Å². The number of carbonyl (C=O) groups is 3. The Morgan fingerprint density at radius 1 is 1.35 bits per heavy atom. The summed E-state index contributed by atoms with van der Waals surface area (Å²) in [4.78, 5) is 37.3. The number of urea groups is 1. The Bertz CT molecular complexity index is 640. The van der Waals surface area contributed by atoms with E-state index >= 15 is 0 Å². The van der Waals surface area contributed by atoms with Crippen LogP contribution >= 0.6 is 0 Å². The average molecular weight is 317 g/mol. The lowest BCUT2D eigenvalue weighted by Crippen LogP contribution is -2.39. The molecule has 0 aliphatic carbocycles. The van der Waals surface area contributed by atoms with Gasteiger partial charge >= 0.3 is 6.03 Å². The Morgan fingerprint density at radius 3 is 2.61 bits per heavy atom. The predicted octanol–water partition coefficient (Wildman–Crippen LogP) is 2.07. The molecule has 0 spiro atoms. The summed E-state index contributed by atoms with van der Waals surface area (Å²) in [6.45, 7) is 7.36. The van der Waals surface area contributed by atoms with Crippen molar-refractivity contribution in [2.75, 3.05) is 11.9 Å². The molecule has 0 radical (unpaired) electrons. The van der Waals surface area contributed by atoms with Crippen LogP contribution in [-0.2, 0) is 16.0 Å². The highest BCUT2D eigenvalue weighted by Gasteiger charge is 2.40. The molecular weight excluding hydrogens is 294 g/mol. The van der Waals surface area contributed by atoms with Gasteiger partial charge in [-0.15, -0.1) is 0 Å². The molecule has 6 nitrogen and oxygen atoms in total. The van der Waals surface area contributed by atoms with E-state index < -0.39 is 12.1 Å². The first kappa shape index (κ1) is 17.0. The lowest BCUT2D eigenvalue weighted by Gasteiger charge is -2.16. The molecule has 124 valence electrons. The number of imide groups is 1. The predicted molar refractivity (Wildman–Crippen MR) is 88.1 cm³/mol. The molecule has 1 aliphatic rings. The quantitative estimate of drug-likeness (QED) is 0.816. The van der Waals surface area contributed by atoms with Crippen LogP contribution in [0.2, 0.25) is 0 Å². The van der Waals surface area contributed by atoms with Crippen LogP contribution in [0.15, 0.2) is 18.2 Å². The summed E-state index contributed by atoms with van der Waals surface area (Å²) >= 11 is 0. The Morgan fingerprint density at radius 2 is 2.04 bits per heavy atom. The fraction of sp³-hybridized carbons (Fsp3) is 0.471. The Kier molecular flexibility index (Phi) is 5.03. The fourth-order valence-electron chi connectivity index (χ4n) is 2.67. The molecule has 1 aliphatic heterocycles. The molecule has 6 heteroatoms. The number of rotatable bonds is 5. The zero-order valence-electron chi connectivity index (χ0n) is 14.0. The van der Waals surface area contributed by atoms with Crippen molar-refractivity contribution in [1.29, 1.82) is 0 Å². The summed E-state index contributed by atoms with van der Waals surface area (Å²) < 4.78 is 0. The minimum atomic E-state index is -0.556. The highest BCUT2D eigenvalue weighted by atomic mass is 16.2. The van der Waals surface area contributed by atoms with Gasteiger partial charge in [0.05, 0.1) is 0 Å². The van der Waals surface area contributed by atoms with Gasteiger partial charge in [0, 0.05) is 5.69 Å². The molecule has 1 saturated heterocycles. The molecule has 0 bridgehead atoms. The van der Waals surface area contributed by atoms with Gasteiger partial charge in [-0.05, 0) is 30.4 Å².